The average Bonchev–Trinajstić information content (AvgIpc) is 2.47. The van der Waals surface area contributed by atoms with Crippen molar-refractivity contribution in [3.63, 3.8) is 0 Å². The van der Waals surface area contributed by atoms with E-state index in [9.17, 15) is 4.79 Å². The minimum absolute atomic E-state index is 0.0707. The highest BCUT2D eigenvalue weighted by molar-refractivity contribution is 6.05. The van der Waals surface area contributed by atoms with Crippen LogP contribution in [0.5, 0.6) is 0 Å². The number of nitrogens with zero attached hydrogens (tertiary/aromatic N) is 1. The van der Waals surface area contributed by atoms with Gasteiger partial charge in [-0.1, -0.05) is 12.1 Å². The van der Waals surface area contributed by atoms with Gasteiger partial charge in [0.2, 0.25) is 5.43 Å². The van der Waals surface area contributed by atoms with Crippen LogP contribution in [0.3, 0.4) is 0 Å². The first-order valence-corrected chi connectivity index (χ1v) is 6.24. The first-order valence-electron chi connectivity index (χ1n) is 6.24. The van der Waals surface area contributed by atoms with Gasteiger partial charge < -0.3 is 10.2 Å². The van der Waals surface area contributed by atoms with Gasteiger partial charge >= 0.3 is 0 Å². The number of aromatic nitrogens is 1. The molecule has 4 rings (SSSR count). The van der Waals surface area contributed by atoms with Crippen molar-refractivity contribution in [3.05, 3.63) is 58.9 Å². The lowest BCUT2D eigenvalue weighted by Crippen LogP contribution is -2.02. The number of benzene rings is 2. The molecular formula is C16H10N2O2. The maximum absolute atomic E-state index is 12.5. The summed E-state index contributed by atoms with van der Waals surface area (Å²) in [5.74, 6) is 0. The topological polar surface area (TPSA) is 69.1 Å². The zero-order valence-corrected chi connectivity index (χ0v) is 10.5. The third kappa shape index (κ3) is 1.42. The van der Waals surface area contributed by atoms with E-state index in [4.69, 9.17) is 10.2 Å². The second-order valence-electron chi connectivity index (χ2n) is 4.70. The summed E-state index contributed by atoms with van der Waals surface area (Å²) in [5, 5.41) is 1.79. The van der Waals surface area contributed by atoms with Gasteiger partial charge in [0.15, 0.2) is 0 Å². The van der Waals surface area contributed by atoms with Gasteiger partial charge in [0.05, 0.1) is 16.3 Å². The van der Waals surface area contributed by atoms with Crippen LogP contribution < -0.4 is 11.2 Å². The minimum Gasteiger partial charge on any atom is -0.455 e. The molecule has 20 heavy (non-hydrogen) atoms. The zero-order valence-electron chi connectivity index (χ0n) is 10.5. The Hall–Kier alpha value is -2.88. The van der Waals surface area contributed by atoms with Crippen LogP contribution in [0.1, 0.15) is 0 Å². The molecule has 0 saturated heterocycles. The Kier molecular flexibility index (Phi) is 2.09. The highest BCUT2D eigenvalue weighted by Crippen LogP contribution is 2.26. The van der Waals surface area contributed by atoms with Gasteiger partial charge in [-0.05, 0) is 30.3 Å². The van der Waals surface area contributed by atoms with Gasteiger partial charge in [0.25, 0.3) is 0 Å². The van der Waals surface area contributed by atoms with Gasteiger partial charge in [-0.3, -0.25) is 9.78 Å². The third-order valence-corrected chi connectivity index (χ3v) is 3.43. The van der Waals surface area contributed by atoms with Crippen LogP contribution in [0.2, 0.25) is 0 Å². The van der Waals surface area contributed by atoms with Gasteiger partial charge in [-0.25, -0.2) is 0 Å². The highest BCUT2D eigenvalue weighted by Gasteiger charge is 2.11. The first kappa shape index (κ1) is 11.0. The fraction of sp³-hybridized carbons (Fsp3) is 0. The molecule has 0 atom stereocenters. The van der Waals surface area contributed by atoms with Gasteiger partial charge in [0.1, 0.15) is 11.2 Å². The van der Waals surface area contributed by atoms with E-state index in [0.717, 1.165) is 10.9 Å². The standard InChI is InChI=1S/C16H10N2O2/c17-9-5-6-13-11(7-9)16-12(8-18-13)15(19)10-3-1-2-4-14(10)20-16/h1-8H,17H2. The third-order valence-electron chi connectivity index (χ3n) is 3.43. The van der Waals surface area contributed by atoms with Crippen LogP contribution in [-0.2, 0) is 0 Å². The molecule has 0 aliphatic carbocycles. The van der Waals surface area contributed by atoms with Crippen molar-refractivity contribution in [3.8, 4) is 0 Å². The summed E-state index contributed by atoms with van der Waals surface area (Å²) in [5.41, 5.74) is 8.22. The van der Waals surface area contributed by atoms with E-state index in [1.165, 1.54) is 0 Å². The Labute approximate surface area is 113 Å². The van der Waals surface area contributed by atoms with Crippen molar-refractivity contribution in [2.24, 2.45) is 0 Å². The fourth-order valence-electron chi connectivity index (χ4n) is 2.46. The zero-order chi connectivity index (χ0) is 13.7. The van der Waals surface area contributed by atoms with E-state index in [1.807, 2.05) is 18.2 Å². The number of nitrogen functional groups attached to an aromatic ring is 1. The normalized spacial score (nSPS) is 11.4. The van der Waals surface area contributed by atoms with Gasteiger partial charge in [-0.15, -0.1) is 0 Å². The van der Waals surface area contributed by atoms with E-state index >= 15 is 0 Å². The molecule has 96 valence electrons. The smallest absolute Gasteiger partial charge is 0.202 e. The molecule has 4 heteroatoms. The quantitative estimate of drug-likeness (QED) is 0.300. The number of pyridine rings is 1. The van der Waals surface area contributed by atoms with Crippen LogP contribution in [0.4, 0.5) is 5.69 Å². The van der Waals surface area contributed by atoms with E-state index in [-0.39, 0.29) is 5.43 Å². The number of fused-ring (bicyclic) bond motifs is 4. The minimum atomic E-state index is -0.0707. The predicted molar refractivity (Wildman–Crippen MR) is 79.7 cm³/mol. The van der Waals surface area contributed by atoms with Crippen molar-refractivity contribution in [1.29, 1.82) is 0 Å². The average molecular weight is 262 g/mol. The van der Waals surface area contributed by atoms with E-state index < -0.39 is 0 Å². The number of nitrogens with two attached hydrogens (primary N) is 1. The number of rotatable bonds is 0. The monoisotopic (exact) mass is 262 g/mol. The number of hydrogen-bond acceptors (Lipinski definition) is 4. The van der Waals surface area contributed by atoms with Crippen molar-refractivity contribution < 1.29 is 4.42 Å². The molecule has 0 bridgehead atoms. The van der Waals surface area contributed by atoms with E-state index in [2.05, 4.69) is 4.98 Å². The lowest BCUT2D eigenvalue weighted by molar-refractivity contribution is 0.663. The van der Waals surface area contributed by atoms with Crippen molar-refractivity contribution in [2.75, 3.05) is 5.73 Å². The summed E-state index contributed by atoms with van der Waals surface area (Å²) < 4.78 is 5.90. The number of anilines is 1. The summed E-state index contributed by atoms with van der Waals surface area (Å²) in [6, 6.07) is 12.6. The molecule has 0 unspecified atom stereocenters. The number of hydrogen-bond donors (Lipinski definition) is 1. The summed E-state index contributed by atoms with van der Waals surface area (Å²) >= 11 is 0. The van der Waals surface area contributed by atoms with Crippen molar-refractivity contribution >= 4 is 38.5 Å². The van der Waals surface area contributed by atoms with Crippen LogP contribution >= 0.6 is 0 Å². The molecule has 2 aromatic heterocycles. The Morgan fingerprint density at radius 3 is 2.75 bits per heavy atom. The van der Waals surface area contributed by atoms with E-state index in [0.29, 0.717) is 27.6 Å². The Morgan fingerprint density at radius 1 is 1.00 bits per heavy atom. The largest absolute Gasteiger partial charge is 0.455 e. The molecule has 0 saturated carbocycles. The Morgan fingerprint density at radius 2 is 1.85 bits per heavy atom. The summed E-state index contributed by atoms with van der Waals surface area (Å²) in [6.45, 7) is 0. The second kappa shape index (κ2) is 3.81. The summed E-state index contributed by atoms with van der Waals surface area (Å²) in [6.07, 6.45) is 1.56. The van der Waals surface area contributed by atoms with Crippen LogP contribution in [0.15, 0.2) is 57.9 Å². The van der Waals surface area contributed by atoms with Crippen LogP contribution in [0.25, 0.3) is 32.8 Å². The second-order valence-corrected chi connectivity index (χ2v) is 4.70. The molecule has 4 nitrogen and oxygen atoms in total. The Bertz CT molecular complexity index is 1030. The molecule has 0 amide bonds. The SMILES string of the molecule is Nc1ccc2ncc3c(=O)c4ccccc4oc3c2c1. The van der Waals surface area contributed by atoms with Crippen molar-refractivity contribution in [2.45, 2.75) is 0 Å². The molecule has 0 spiro atoms. The number of para-hydroxylation sites is 1. The molecule has 4 aromatic rings. The predicted octanol–water partition coefficient (Wildman–Crippen LogP) is 3.08. The van der Waals surface area contributed by atoms with Crippen molar-refractivity contribution in [1.82, 2.24) is 4.98 Å². The molecule has 2 heterocycles. The molecule has 2 aromatic carbocycles. The van der Waals surface area contributed by atoms with Crippen LogP contribution in [0, 0.1) is 0 Å². The van der Waals surface area contributed by atoms with Gasteiger partial charge in [-0.2, -0.15) is 0 Å². The molecule has 2 N–H and O–H groups in total. The summed E-state index contributed by atoms with van der Waals surface area (Å²) in [4.78, 5) is 16.8. The first-order chi connectivity index (χ1) is 9.74. The highest BCUT2D eigenvalue weighted by atomic mass is 16.3. The maximum Gasteiger partial charge on any atom is 0.202 e. The summed E-state index contributed by atoms with van der Waals surface area (Å²) in [7, 11) is 0. The maximum atomic E-state index is 12.5. The fourth-order valence-corrected chi connectivity index (χ4v) is 2.46. The lowest BCUT2D eigenvalue weighted by atomic mass is 10.1. The molecule has 0 aliphatic heterocycles. The van der Waals surface area contributed by atoms with Gasteiger partial charge in [0, 0.05) is 17.3 Å². The molecular weight excluding hydrogens is 252 g/mol. The molecule has 0 fully saturated rings. The Balaban J connectivity index is 2.33. The van der Waals surface area contributed by atoms with E-state index in [1.54, 1.807) is 30.5 Å². The van der Waals surface area contributed by atoms with Crippen LogP contribution in [-0.4, -0.2) is 4.98 Å². The molecule has 0 radical (unpaired) electrons. The molecule has 0 aliphatic rings. The lowest BCUT2D eigenvalue weighted by Gasteiger charge is -2.05.